The summed E-state index contributed by atoms with van der Waals surface area (Å²) in [7, 11) is 3.22. The van der Waals surface area contributed by atoms with Crippen LogP contribution in [0, 0.1) is 0 Å². The van der Waals surface area contributed by atoms with Crippen molar-refractivity contribution in [2.75, 3.05) is 14.2 Å². The van der Waals surface area contributed by atoms with Gasteiger partial charge in [0, 0.05) is 18.2 Å². The highest BCUT2D eigenvalue weighted by Crippen LogP contribution is 2.30. The van der Waals surface area contributed by atoms with E-state index in [2.05, 4.69) is 0 Å². The molecule has 1 saturated carbocycles. The van der Waals surface area contributed by atoms with Crippen molar-refractivity contribution in [3.05, 3.63) is 35.4 Å². The first-order chi connectivity index (χ1) is 9.17. The Morgan fingerprint density at radius 2 is 2.00 bits per heavy atom. The number of carbonyl (C=O) groups excluding carboxylic acids is 1. The van der Waals surface area contributed by atoms with Crippen LogP contribution in [-0.4, -0.2) is 31.5 Å². The number of rotatable bonds is 3. The lowest BCUT2D eigenvalue weighted by Crippen LogP contribution is -2.32. The monoisotopic (exact) mass is 280 g/mol. The summed E-state index contributed by atoms with van der Waals surface area (Å²) >= 11 is 6.05. The van der Waals surface area contributed by atoms with Gasteiger partial charge in [-0.2, -0.15) is 0 Å². The summed E-state index contributed by atoms with van der Waals surface area (Å²) in [4.78, 5) is 12.2. The number of para-hydroxylation sites is 1. The van der Waals surface area contributed by atoms with Gasteiger partial charge in [0.15, 0.2) is 5.78 Å². The van der Waals surface area contributed by atoms with Gasteiger partial charge in [-0.25, -0.2) is 0 Å². The maximum atomic E-state index is 12.2. The van der Waals surface area contributed by atoms with E-state index in [0.717, 1.165) is 17.7 Å². The van der Waals surface area contributed by atoms with Gasteiger partial charge in [-0.3, -0.25) is 4.79 Å². The van der Waals surface area contributed by atoms with Gasteiger partial charge in [0.2, 0.25) is 0 Å². The van der Waals surface area contributed by atoms with Crippen molar-refractivity contribution in [1.29, 1.82) is 0 Å². The summed E-state index contributed by atoms with van der Waals surface area (Å²) in [6, 6.07) is 7.56. The van der Waals surface area contributed by atoms with Crippen molar-refractivity contribution in [2.45, 2.75) is 24.3 Å². The zero-order valence-electron chi connectivity index (χ0n) is 11.1. The molecule has 2 unspecified atom stereocenters. The molecular formula is C15H17ClO3. The largest absolute Gasteiger partial charge is 0.496 e. The van der Waals surface area contributed by atoms with Crippen molar-refractivity contribution in [1.82, 2.24) is 0 Å². The van der Waals surface area contributed by atoms with Crippen molar-refractivity contribution < 1.29 is 14.3 Å². The zero-order valence-corrected chi connectivity index (χ0v) is 11.8. The number of benzene rings is 1. The average molecular weight is 281 g/mol. The number of hydrogen-bond acceptors (Lipinski definition) is 3. The molecule has 1 aliphatic rings. The molecule has 0 radical (unpaired) electrons. The molecule has 1 fully saturated rings. The smallest absolute Gasteiger partial charge is 0.179 e. The fourth-order valence-corrected chi connectivity index (χ4v) is 2.54. The summed E-state index contributed by atoms with van der Waals surface area (Å²) < 4.78 is 10.7. The molecule has 0 bridgehead atoms. The van der Waals surface area contributed by atoms with Crippen LogP contribution in [0.25, 0.3) is 6.08 Å². The number of halogens is 1. The summed E-state index contributed by atoms with van der Waals surface area (Å²) in [5, 5.41) is -0.452. The summed E-state index contributed by atoms with van der Waals surface area (Å²) in [5.41, 5.74) is 1.49. The highest BCUT2D eigenvalue weighted by atomic mass is 35.5. The van der Waals surface area contributed by atoms with E-state index in [-0.39, 0.29) is 11.9 Å². The minimum absolute atomic E-state index is 0.0503. The Labute approximate surface area is 118 Å². The van der Waals surface area contributed by atoms with Crippen LogP contribution in [0.5, 0.6) is 5.75 Å². The molecule has 0 N–H and O–H groups in total. The van der Waals surface area contributed by atoms with E-state index in [1.54, 1.807) is 14.2 Å². The standard InChI is InChI=1S/C15H17ClO3/c1-18-13-6-4-3-5-10(13)9-11-14(19-2)8-7-12(16)15(11)17/h3-6,9,12,14H,7-8H2,1-2H3. The Morgan fingerprint density at radius 3 is 2.68 bits per heavy atom. The topological polar surface area (TPSA) is 35.5 Å². The first-order valence-electron chi connectivity index (χ1n) is 6.23. The SMILES string of the molecule is COc1ccccc1C=C1C(=O)C(Cl)CCC1OC. The van der Waals surface area contributed by atoms with E-state index in [1.165, 1.54) is 0 Å². The van der Waals surface area contributed by atoms with E-state index in [1.807, 2.05) is 30.3 Å². The number of ketones is 1. The fourth-order valence-electron chi connectivity index (χ4n) is 2.29. The second-order valence-electron chi connectivity index (χ2n) is 4.48. The quantitative estimate of drug-likeness (QED) is 0.630. The van der Waals surface area contributed by atoms with E-state index in [9.17, 15) is 4.79 Å². The fraction of sp³-hybridized carbons (Fsp3) is 0.400. The van der Waals surface area contributed by atoms with Crippen molar-refractivity contribution >= 4 is 23.5 Å². The normalized spacial score (nSPS) is 25.6. The molecule has 102 valence electrons. The highest BCUT2D eigenvalue weighted by Gasteiger charge is 2.32. The van der Waals surface area contributed by atoms with E-state index >= 15 is 0 Å². The molecular weight excluding hydrogens is 264 g/mol. The van der Waals surface area contributed by atoms with Gasteiger partial charge in [-0.05, 0) is 25.0 Å². The van der Waals surface area contributed by atoms with Gasteiger partial charge < -0.3 is 9.47 Å². The summed E-state index contributed by atoms with van der Waals surface area (Å²) in [6.45, 7) is 0. The first kappa shape index (κ1) is 14.1. The van der Waals surface area contributed by atoms with Gasteiger partial charge in [-0.15, -0.1) is 11.6 Å². The molecule has 1 aromatic rings. The number of methoxy groups -OCH3 is 2. The Balaban J connectivity index is 2.40. The molecule has 2 rings (SSSR count). The van der Waals surface area contributed by atoms with Crippen molar-refractivity contribution in [3.8, 4) is 5.75 Å². The number of Topliss-reactive ketones (excluding diaryl/α,β-unsaturated/α-hetero) is 1. The van der Waals surface area contributed by atoms with Crippen LogP contribution in [0.3, 0.4) is 0 Å². The van der Waals surface area contributed by atoms with Crippen LogP contribution in [0.15, 0.2) is 29.8 Å². The highest BCUT2D eigenvalue weighted by molar-refractivity contribution is 6.34. The van der Waals surface area contributed by atoms with Crippen molar-refractivity contribution in [2.24, 2.45) is 0 Å². The molecule has 0 heterocycles. The lowest BCUT2D eigenvalue weighted by Gasteiger charge is -2.26. The molecule has 0 aliphatic heterocycles. The predicted molar refractivity (Wildman–Crippen MR) is 75.7 cm³/mol. The number of hydrogen-bond donors (Lipinski definition) is 0. The molecule has 0 aromatic heterocycles. The zero-order chi connectivity index (χ0) is 13.8. The Hall–Kier alpha value is -1.32. The van der Waals surface area contributed by atoms with Crippen LogP contribution in [0.2, 0.25) is 0 Å². The molecule has 4 heteroatoms. The molecule has 0 saturated heterocycles. The van der Waals surface area contributed by atoms with Gasteiger partial charge in [0.1, 0.15) is 5.75 Å². The predicted octanol–water partition coefficient (Wildman–Crippen LogP) is 3.06. The lowest BCUT2D eigenvalue weighted by atomic mass is 9.89. The van der Waals surface area contributed by atoms with Crippen LogP contribution in [0.1, 0.15) is 18.4 Å². The molecule has 19 heavy (non-hydrogen) atoms. The molecule has 0 amide bonds. The van der Waals surface area contributed by atoms with Crippen LogP contribution in [0.4, 0.5) is 0 Å². The summed E-state index contributed by atoms with van der Waals surface area (Å²) in [5.74, 6) is 0.681. The Morgan fingerprint density at radius 1 is 1.26 bits per heavy atom. The summed E-state index contributed by atoms with van der Waals surface area (Å²) in [6.07, 6.45) is 3.05. The average Bonchev–Trinajstić information content (AvgIpc) is 2.44. The van der Waals surface area contributed by atoms with Gasteiger partial charge in [0.05, 0.1) is 18.6 Å². The van der Waals surface area contributed by atoms with Gasteiger partial charge in [-0.1, -0.05) is 18.2 Å². The third kappa shape index (κ3) is 2.99. The van der Waals surface area contributed by atoms with E-state index < -0.39 is 5.38 Å². The molecule has 0 spiro atoms. The molecule has 2 atom stereocenters. The minimum atomic E-state index is -0.452. The van der Waals surface area contributed by atoms with Gasteiger partial charge in [0.25, 0.3) is 0 Å². The Bertz CT molecular complexity index is 496. The van der Waals surface area contributed by atoms with Crippen LogP contribution >= 0.6 is 11.6 Å². The van der Waals surface area contributed by atoms with E-state index in [0.29, 0.717) is 12.0 Å². The lowest BCUT2D eigenvalue weighted by molar-refractivity contribution is -0.117. The van der Waals surface area contributed by atoms with Gasteiger partial charge >= 0.3 is 0 Å². The van der Waals surface area contributed by atoms with Crippen LogP contribution < -0.4 is 4.74 Å². The molecule has 1 aliphatic carbocycles. The van der Waals surface area contributed by atoms with Crippen LogP contribution in [-0.2, 0) is 9.53 Å². The van der Waals surface area contributed by atoms with Crippen molar-refractivity contribution in [3.63, 3.8) is 0 Å². The molecule has 1 aromatic carbocycles. The third-order valence-corrected chi connectivity index (χ3v) is 3.75. The number of carbonyl (C=O) groups is 1. The minimum Gasteiger partial charge on any atom is -0.496 e. The second kappa shape index (κ2) is 6.22. The second-order valence-corrected chi connectivity index (χ2v) is 5.00. The maximum absolute atomic E-state index is 12.2. The first-order valence-corrected chi connectivity index (χ1v) is 6.66. The molecule has 3 nitrogen and oxygen atoms in total. The maximum Gasteiger partial charge on any atom is 0.179 e. The van der Waals surface area contributed by atoms with E-state index in [4.69, 9.17) is 21.1 Å². The number of alkyl halides is 1. The number of ether oxygens (including phenoxy) is 2. The third-order valence-electron chi connectivity index (χ3n) is 3.33. The Kier molecular flexibility index (Phi) is 4.61.